The van der Waals surface area contributed by atoms with Crippen LogP contribution in [0.1, 0.15) is 39.0 Å². The standard InChI is InChI=1S/C16H23N3O/c1-11(20)18-13-5-7-14(8-6-13)19-15-3-2-4-16(19)10-12(17)9-15/h5-8,12,15-16H,2-4,9-10,17H2,1H3,(H,18,20). The summed E-state index contributed by atoms with van der Waals surface area (Å²) in [4.78, 5) is 13.6. The van der Waals surface area contributed by atoms with Crippen LogP contribution < -0.4 is 16.0 Å². The third-order valence-electron chi connectivity index (χ3n) is 4.50. The van der Waals surface area contributed by atoms with Gasteiger partial charge in [0.15, 0.2) is 0 Å². The highest BCUT2D eigenvalue weighted by molar-refractivity contribution is 5.88. The fraction of sp³-hybridized carbons (Fsp3) is 0.562. The number of hydrogen-bond donors (Lipinski definition) is 2. The molecule has 2 fully saturated rings. The van der Waals surface area contributed by atoms with Gasteiger partial charge in [-0.3, -0.25) is 4.79 Å². The van der Waals surface area contributed by atoms with Crippen LogP contribution in [-0.2, 0) is 4.79 Å². The molecular formula is C16H23N3O. The van der Waals surface area contributed by atoms with E-state index < -0.39 is 0 Å². The number of nitrogens with two attached hydrogens (primary N) is 1. The number of nitrogens with zero attached hydrogens (tertiary/aromatic N) is 1. The molecule has 108 valence electrons. The second-order valence-corrected chi connectivity index (χ2v) is 6.11. The minimum atomic E-state index is -0.0291. The first-order chi connectivity index (χ1) is 9.63. The molecule has 0 spiro atoms. The fourth-order valence-corrected chi connectivity index (χ4v) is 3.77. The Bertz CT molecular complexity index is 471. The van der Waals surface area contributed by atoms with Crippen LogP contribution >= 0.6 is 0 Å². The fourth-order valence-electron chi connectivity index (χ4n) is 3.77. The molecule has 3 N–H and O–H groups in total. The van der Waals surface area contributed by atoms with Gasteiger partial charge in [-0.05, 0) is 56.4 Å². The lowest BCUT2D eigenvalue weighted by Crippen LogP contribution is -2.55. The molecule has 2 aliphatic rings. The molecular weight excluding hydrogens is 250 g/mol. The Morgan fingerprint density at radius 3 is 2.35 bits per heavy atom. The van der Waals surface area contributed by atoms with E-state index in [9.17, 15) is 4.79 Å². The van der Waals surface area contributed by atoms with Crippen LogP contribution in [0.25, 0.3) is 0 Å². The van der Waals surface area contributed by atoms with E-state index >= 15 is 0 Å². The molecule has 0 saturated carbocycles. The van der Waals surface area contributed by atoms with Crippen molar-refractivity contribution >= 4 is 17.3 Å². The molecule has 1 aromatic rings. The van der Waals surface area contributed by atoms with Crippen LogP contribution in [0.3, 0.4) is 0 Å². The first-order valence-corrected chi connectivity index (χ1v) is 7.55. The van der Waals surface area contributed by atoms with Gasteiger partial charge in [-0.1, -0.05) is 0 Å². The summed E-state index contributed by atoms with van der Waals surface area (Å²) in [5, 5.41) is 2.81. The Kier molecular flexibility index (Phi) is 3.66. The smallest absolute Gasteiger partial charge is 0.221 e. The van der Waals surface area contributed by atoms with E-state index in [1.165, 1.54) is 31.9 Å². The van der Waals surface area contributed by atoms with Gasteiger partial charge in [-0.15, -0.1) is 0 Å². The second kappa shape index (κ2) is 5.44. The third-order valence-corrected chi connectivity index (χ3v) is 4.50. The number of fused-ring (bicyclic) bond motifs is 2. The number of anilines is 2. The molecule has 2 heterocycles. The molecule has 4 heteroatoms. The molecule has 2 atom stereocenters. The van der Waals surface area contributed by atoms with E-state index in [4.69, 9.17) is 5.73 Å². The monoisotopic (exact) mass is 273 g/mol. The van der Waals surface area contributed by atoms with E-state index in [0.29, 0.717) is 18.1 Å². The van der Waals surface area contributed by atoms with Gasteiger partial charge in [0.05, 0.1) is 0 Å². The van der Waals surface area contributed by atoms with Crippen molar-refractivity contribution in [2.24, 2.45) is 5.73 Å². The summed E-state index contributed by atoms with van der Waals surface area (Å²) in [6, 6.07) is 9.75. The topological polar surface area (TPSA) is 58.4 Å². The molecule has 20 heavy (non-hydrogen) atoms. The minimum Gasteiger partial charge on any atom is -0.365 e. The number of rotatable bonds is 2. The maximum Gasteiger partial charge on any atom is 0.221 e. The largest absolute Gasteiger partial charge is 0.365 e. The zero-order valence-corrected chi connectivity index (χ0v) is 12.0. The summed E-state index contributed by atoms with van der Waals surface area (Å²) in [6.45, 7) is 1.53. The van der Waals surface area contributed by atoms with Crippen molar-refractivity contribution in [1.29, 1.82) is 0 Å². The quantitative estimate of drug-likeness (QED) is 0.870. The SMILES string of the molecule is CC(=O)Nc1ccc(N2C3CCCC2CC(N)C3)cc1. The van der Waals surface area contributed by atoms with Crippen LogP contribution in [0, 0.1) is 0 Å². The molecule has 2 saturated heterocycles. The molecule has 4 nitrogen and oxygen atoms in total. The first kappa shape index (κ1) is 13.4. The number of amides is 1. The van der Waals surface area contributed by atoms with Gasteiger partial charge < -0.3 is 16.0 Å². The number of piperidine rings is 2. The lowest BCUT2D eigenvalue weighted by molar-refractivity contribution is -0.114. The molecule has 1 amide bonds. The second-order valence-electron chi connectivity index (χ2n) is 6.11. The van der Waals surface area contributed by atoms with Gasteiger partial charge >= 0.3 is 0 Å². The molecule has 1 aromatic carbocycles. The van der Waals surface area contributed by atoms with E-state index in [-0.39, 0.29) is 5.91 Å². The maximum absolute atomic E-state index is 11.1. The van der Waals surface area contributed by atoms with Crippen LogP contribution in [0.2, 0.25) is 0 Å². The Balaban J connectivity index is 1.79. The highest BCUT2D eigenvalue weighted by Crippen LogP contribution is 2.37. The van der Waals surface area contributed by atoms with Crippen LogP contribution in [0.4, 0.5) is 11.4 Å². The summed E-state index contributed by atoms with van der Waals surface area (Å²) in [5.74, 6) is -0.0291. The normalized spacial score (nSPS) is 29.1. The Labute approximate surface area is 120 Å². The Morgan fingerprint density at radius 1 is 1.20 bits per heavy atom. The molecule has 2 unspecified atom stereocenters. The van der Waals surface area contributed by atoms with Crippen molar-refractivity contribution in [3.63, 3.8) is 0 Å². The predicted octanol–water partition coefficient (Wildman–Crippen LogP) is 2.49. The van der Waals surface area contributed by atoms with E-state index in [0.717, 1.165) is 18.5 Å². The Morgan fingerprint density at radius 2 is 1.80 bits per heavy atom. The molecule has 0 aromatic heterocycles. The van der Waals surface area contributed by atoms with E-state index in [1.807, 2.05) is 12.1 Å². The molecule has 0 aliphatic carbocycles. The molecule has 0 radical (unpaired) electrons. The van der Waals surface area contributed by atoms with Gasteiger partial charge in [-0.25, -0.2) is 0 Å². The summed E-state index contributed by atoms with van der Waals surface area (Å²) >= 11 is 0. The van der Waals surface area contributed by atoms with Gasteiger partial charge in [0, 0.05) is 36.4 Å². The van der Waals surface area contributed by atoms with Crippen molar-refractivity contribution in [1.82, 2.24) is 0 Å². The predicted molar refractivity (Wildman–Crippen MR) is 81.9 cm³/mol. The van der Waals surface area contributed by atoms with Gasteiger partial charge in [0.25, 0.3) is 0 Å². The number of carbonyl (C=O) groups is 1. The van der Waals surface area contributed by atoms with Crippen molar-refractivity contribution in [3.05, 3.63) is 24.3 Å². The third kappa shape index (κ3) is 2.66. The molecule has 3 rings (SSSR count). The summed E-state index contributed by atoms with van der Waals surface area (Å²) in [6.07, 6.45) is 6.02. The van der Waals surface area contributed by atoms with Crippen molar-refractivity contribution in [2.75, 3.05) is 10.2 Å². The lowest BCUT2D eigenvalue weighted by Gasteiger charge is -2.49. The first-order valence-electron chi connectivity index (χ1n) is 7.55. The van der Waals surface area contributed by atoms with Crippen LogP contribution in [0.5, 0.6) is 0 Å². The zero-order valence-electron chi connectivity index (χ0n) is 12.0. The van der Waals surface area contributed by atoms with Gasteiger partial charge in [0.1, 0.15) is 0 Å². The summed E-state index contributed by atoms with van der Waals surface area (Å²) < 4.78 is 0. The highest BCUT2D eigenvalue weighted by atomic mass is 16.1. The Hall–Kier alpha value is -1.55. The van der Waals surface area contributed by atoms with Crippen LogP contribution in [0.15, 0.2) is 24.3 Å². The number of hydrogen-bond acceptors (Lipinski definition) is 3. The maximum atomic E-state index is 11.1. The van der Waals surface area contributed by atoms with Gasteiger partial charge in [-0.2, -0.15) is 0 Å². The highest BCUT2D eigenvalue weighted by Gasteiger charge is 2.36. The molecule has 2 bridgehead atoms. The molecule has 2 aliphatic heterocycles. The van der Waals surface area contributed by atoms with E-state index in [1.54, 1.807) is 0 Å². The van der Waals surface area contributed by atoms with Crippen molar-refractivity contribution in [2.45, 2.75) is 57.2 Å². The zero-order chi connectivity index (χ0) is 14.1. The van der Waals surface area contributed by atoms with E-state index in [2.05, 4.69) is 22.3 Å². The lowest BCUT2D eigenvalue weighted by atomic mass is 9.81. The summed E-state index contributed by atoms with van der Waals surface area (Å²) in [5.41, 5.74) is 8.30. The summed E-state index contributed by atoms with van der Waals surface area (Å²) in [7, 11) is 0. The van der Waals surface area contributed by atoms with Crippen LogP contribution in [-0.4, -0.2) is 24.0 Å². The average Bonchev–Trinajstić information content (AvgIpc) is 2.38. The number of benzene rings is 1. The van der Waals surface area contributed by atoms with Crippen molar-refractivity contribution < 1.29 is 4.79 Å². The minimum absolute atomic E-state index is 0.0291. The van der Waals surface area contributed by atoms with Gasteiger partial charge in [0.2, 0.25) is 5.91 Å². The van der Waals surface area contributed by atoms with Crippen molar-refractivity contribution in [3.8, 4) is 0 Å². The number of carbonyl (C=O) groups excluding carboxylic acids is 1. The number of nitrogens with one attached hydrogen (secondary N) is 1. The average molecular weight is 273 g/mol.